The fourth-order valence-corrected chi connectivity index (χ4v) is 2.47. The molecule has 3 aromatic rings. The number of hydrogen-bond donors (Lipinski definition) is 2. The van der Waals surface area contributed by atoms with Gasteiger partial charge in [-0.15, -0.1) is 0 Å². The van der Waals surface area contributed by atoms with E-state index in [0.717, 1.165) is 11.1 Å². The maximum atomic E-state index is 10.0. The maximum absolute atomic E-state index is 10.0. The molecule has 0 amide bonds. The van der Waals surface area contributed by atoms with E-state index in [0.29, 0.717) is 22.4 Å². The molecule has 4 heteroatoms. The predicted molar refractivity (Wildman–Crippen MR) is 90.6 cm³/mol. The van der Waals surface area contributed by atoms with Crippen LogP contribution in [0.4, 0.5) is 5.82 Å². The van der Waals surface area contributed by atoms with E-state index in [1.165, 1.54) is 0 Å². The van der Waals surface area contributed by atoms with E-state index in [9.17, 15) is 10.4 Å². The Balaban J connectivity index is 2.25. The minimum atomic E-state index is 0.124. The van der Waals surface area contributed by atoms with Crippen molar-refractivity contribution in [1.82, 2.24) is 4.98 Å². The fourth-order valence-electron chi connectivity index (χ4n) is 2.47. The molecule has 3 N–H and O–H groups in total. The number of nitriles is 1. The van der Waals surface area contributed by atoms with Crippen LogP contribution in [0.15, 0.2) is 54.6 Å². The second-order valence-corrected chi connectivity index (χ2v) is 5.31. The highest BCUT2D eigenvalue weighted by molar-refractivity contribution is 5.81. The lowest BCUT2D eigenvalue weighted by Gasteiger charge is -2.11. The molecule has 0 unspecified atom stereocenters. The molecule has 0 atom stereocenters. The van der Waals surface area contributed by atoms with Crippen molar-refractivity contribution in [2.45, 2.75) is 6.92 Å². The van der Waals surface area contributed by atoms with Gasteiger partial charge in [-0.3, -0.25) is 0 Å². The molecule has 112 valence electrons. The fraction of sp³-hybridized carbons (Fsp3) is 0.0526. The van der Waals surface area contributed by atoms with Crippen molar-refractivity contribution in [3.05, 3.63) is 65.7 Å². The Morgan fingerprint density at radius 1 is 1.04 bits per heavy atom. The molecule has 0 bridgehead atoms. The minimum Gasteiger partial charge on any atom is -0.507 e. The van der Waals surface area contributed by atoms with Crippen LogP contribution in [0.3, 0.4) is 0 Å². The van der Waals surface area contributed by atoms with Gasteiger partial charge in [0.05, 0.1) is 5.69 Å². The number of anilines is 1. The second-order valence-electron chi connectivity index (χ2n) is 5.31. The number of hydrogen-bond acceptors (Lipinski definition) is 4. The van der Waals surface area contributed by atoms with Gasteiger partial charge in [0.15, 0.2) is 0 Å². The Morgan fingerprint density at radius 2 is 1.74 bits per heavy atom. The molecule has 0 aliphatic heterocycles. The molecule has 0 aliphatic rings. The summed E-state index contributed by atoms with van der Waals surface area (Å²) in [5.74, 6) is 0.280. The third-order valence-corrected chi connectivity index (χ3v) is 3.70. The molecule has 0 spiro atoms. The van der Waals surface area contributed by atoms with E-state index in [-0.39, 0.29) is 11.6 Å². The number of pyridine rings is 1. The van der Waals surface area contributed by atoms with Crippen LogP contribution in [-0.4, -0.2) is 10.1 Å². The number of rotatable bonds is 2. The summed E-state index contributed by atoms with van der Waals surface area (Å²) in [7, 11) is 0. The van der Waals surface area contributed by atoms with E-state index < -0.39 is 0 Å². The SMILES string of the molecule is Cc1ccc(-c2cc(-c3ccccc3O)nc(N)c2C#N)cc1. The van der Waals surface area contributed by atoms with Gasteiger partial charge < -0.3 is 10.8 Å². The number of nitrogens with zero attached hydrogens (tertiary/aromatic N) is 2. The van der Waals surface area contributed by atoms with Crippen molar-refractivity contribution in [1.29, 1.82) is 5.26 Å². The Bertz CT molecular complexity index is 909. The molecule has 23 heavy (non-hydrogen) atoms. The summed E-state index contributed by atoms with van der Waals surface area (Å²) in [5, 5.41) is 19.4. The standard InChI is InChI=1S/C19H15N3O/c1-12-6-8-13(9-7-12)15-10-17(22-19(21)16(15)11-20)14-4-2-3-5-18(14)23/h2-10,23H,1H3,(H2,21,22). The largest absolute Gasteiger partial charge is 0.507 e. The Morgan fingerprint density at radius 3 is 2.39 bits per heavy atom. The summed E-state index contributed by atoms with van der Waals surface area (Å²) in [4.78, 5) is 4.27. The number of phenols is 1. The summed E-state index contributed by atoms with van der Waals surface area (Å²) < 4.78 is 0. The number of aromatic hydroxyl groups is 1. The predicted octanol–water partition coefficient (Wildman–Crippen LogP) is 3.88. The summed E-state index contributed by atoms with van der Waals surface area (Å²) in [5.41, 5.74) is 10.2. The number of benzene rings is 2. The van der Waals surface area contributed by atoms with E-state index in [2.05, 4.69) is 11.1 Å². The first-order valence-corrected chi connectivity index (χ1v) is 7.16. The van der Waals surface area contributed by atoms with Crippen molar-refractivity contribution in [2.24, 2.45) is 0 Å². The van der Waals surface area contributed by atoms with Crippen LogP contribution in [0.25, 0.3) is 22.4 Å². The number of nitrogen functional groups attached to an aromatic ring is 1. The quantitative estimate of drug-likeness (QED) is 0.752. The highest BCUT2D eigenvalue weighted by Gasteiger charge is 2.14. The lowest BCUT2D eigenvalue weighted by Crippen LogP contribution is -2.00. The van der Waals surface area contributed by atoms with E-state index in [4.69, 9.17) is 5.73 Å². The van der Waals surface area contributed by atoms with Gasteiger partial charge in [0.2, 0.25) is 0 Å². The summed E-state index contributed by atoms with van der Waals surface area (Å²) in [6, 6.07) is 18.7. The first-order chi connectivity index (χ1) is 11.1. The summed E-state index contributed by atoms with van der Waals surface area (Å²) in [6.07, 6.45) is 0. The van der Waals surface area contributed by atoms with Gasteiger partial charge in [-0.25, -0.2) is 4.98 Å². The normalized spacial score (nSPS) is 10.3. The highest BCUT2D eigenvalue weighted by atomic mass is 16.3. The van der Waals surface area contributed by atoms with Crippen LogP contribution in [0.2, 0.25) is 0 Å². The first-order valence-electron chi connectivity index (χ1n) is 7.16. The molecule has 1 aromatic heterocycles. The Labute approximate surface area is 134 Å². The average molecular weight is 301 g/mol. The van der Waals surface area contributed by atoms with Gasteiger partial charge >= 0.3 is 0 Å². The van der Waals surface area contributed by atoms with E-state index >= 15 is 0 Å². The van der Waals surface area contributed by atoms with Crippen LogP contribution in [-0.2, 0) is 0 Å². The lowest BCUT2D eigenvalue weighted by atomic mass is 9.97. The van der Waals surface area contributed by atoms with Gasteiger partial charge in [-0.1, -0.05) is 42.0 Å². The van der Waals surface area contributed by atoms with Gasteiger partial charge in [0, 0.05) is 11.1 Å². The van der Waals surface area contributed by atoms with Crippen LogP contribution < -0.4 is 5.73 Å². The highest BCUT2D eigenvalue weighted by Crippen LogP contribution is 2.34. The molecule has 4 nitrogen and oxygen atoms in total. The van der Waals surface area contributed by atoms with Crippen molar-refractivity contribution in [3.8, 4) is 34.2 Å². The molecular weight excluding hydrogens is 286 g/mol. The average Bonchev–Trinajstić information content (AvgIpc) is 2.55. The molecule has 0 fully saturated rings. The van der Waals surface area contributed by atoms with Crippen molar-refractivity contribution < 1.29 is 5.11 Å². The monoisotopic (exact) mass is 301 g/mol. The number of aryl methyl sites for hydroxylation is 1. The lowest BCUT2D eigenvalue weighted by molar-refractivity contribution is 0.477. The van der Waals surface area contributed by atoms with Crippen molar-refractivity contribution in [3.63, 3.8) is 0 Å². The zero-order chi connectivity index (χ0) is 16.4. The third kappa shape index (κ3) is 2.72. The van der Waals surface area contributed by atoms with E-state index in [1.807, 2.05) is 37.3 Å². The Hall–Kier alpha value is -3.32. The molecule has 2 aromatic carbocycles. The molecule has 0 saturated heterocycles. The topological polar surface area (TPSA) is 82.9 Å². The van der Waals surface area contributed by atoms with Gasteiger partial charge in [0.1, 0.15) is 23.2 Å². The van der Waals surface area contributed by atoms with Gasteiger partial charge in [0.25, 0.3) is 0 Å². The second kappa shape index (κ2) is 5.82. The smallest absolute Gasteiger partial charge is 0.142 e. The molecule has 0 saturated carbocycles. The number of phenolic OH excluding ortho intramolecular Hbond substituents is 1. The van der Waals surface area contributed by atoms with Crippen LogP contribution in [0.5, 0.6) is 5.75 Å². The Kier molecular flexibility index (Phi) is 3.70. The number of aromatic nitrogens is 1. The minimum absolute atomic E-state index is 0.124. The zero-order valence-corrected chi connectivity index (χ0v) is 12.6. The third-order valence-electron chi connectivity index (χ3n) is 3.70. The first kappa shape index (κ1) is 14.6. The summed E-state index contributed by atoms with van der Waals surface area (Å²) >= 11 is 0. The van der Waals surface area contributed by atoms with Crippen LogP contribution in [0.1, 0.15) is 11.1 Å². The molecule has 0 radical (unpaired) electrons. The van der Waals surface area contributed by atoms with Crippen LogP contribution in [0, 0.1) is 18.3 Å². The van der Waals surface area contributed by atoms with Crippen molar-refractivity contribution >= 4 is 5.82 Å². The maximum Gasteiger partial charge on any atom is 0.142 e. The number of para-hydroxylation sites is 1. The summed E-state index contributed by atoms with van der Waals surface area (Å²) in [6.45, 7) is 2.00. The zero-order valence-electron chi connectivity index (χ0n) is 12.6. The molecular formula is C19H15N3O. The van der Waals surface area contributed by atoms with Gasteiger partial charge in [-0.2, -0.15) is 5.26 Å². The number of nitrogens with two attached hydrogens (primary N) is 1. The van der Waals surface area contributed by atoms with E-state index in [1.54, 1.807) is 24.3 Å². The van der Waals surface area contributed by atoms with Gasteiger partial charge in [-0.05, 0) is 30.7 Å². The van der Waals surface area contributed by atoms with Crippen LogP contribution >= 0.6 is 0 Å². The molecule has 0 aliphatic carbocycles. The van der Waals surface area contributed by atoms with Crippen molar-refractivity contribution in [2.75, 3.05) is 5.73 Å². The molecule has 3 rings (SSSR count). The molecule has 1 heterocycles.